The number of alkyl halides is 3. The summed E-state index contributed by atoms with van der Waals surface area (Å²) in [7, 11) is 0. The lowest BCUT2D eigenvalue weighted by Crippen LogP contribution is -2.16. The molecular weight excluding hydrogens is 407 g/mol. The predicted molar refractivity (Wildman–Crippen MR) is 102 cm³/mol. The average Bonchev–Trinajstić information content (AvgIpc) is 2.67. The molecule has 9 heteroatoms. The summed E-state index contributed by atoms with van der Waals surface area (Å²) in [6, 6.07) is 11.0. The number of rotatable bonds is 5. The van der Waals surface area contributed by atoms with E-state index in [1.807, 2.05) is 0 Å². The number of anilines is 1. The molecule has 1 aromatic heterocycles. The van der Waals surface area contributed by atoms with Gasteiger partial charge < -0.3 is 10.1 Å². The molecule has 0 saturated carbocycles. The van der Waals surface area contributed by atoms with Crippen LogP contribution in [-0.4, -0.2) is 15.9 Å². The van der Waals surface area contributed by atoms with E-state index in [-0.39, 0.29) is 28.9 Å². The van der Waals surface area contributed by atoms with E-state index in [0.29, 0.717) is 17.0 Å². The van der Waals surface area contributed by atoms with Crippen LogP contribution >= 0.6 is 11.6 Å². The Morgan fingerprint density at radius 2 is 1.62 bits per heavy atom. The molecule has 1 N–H and O–H groups in total. The maximum Gasteiger partial charge on any atom is 0.416 e. The molecule has 0 bridgehead atoms. The number of hydrogen-bond donors (Lipinski definition) is 1. The second kappa shape index (κ2) is 8.48. The molecule has 3 aromatic rings. The first-order valence-electron chi connectivity index (χ1n) is 8.43. The van der Waals surface area contributed by atoms with Crippen LogP contribution in [0.1, 0.15) is 16.8 Å². The van der Waals surface area contributed by atoms with Gasteiger partial charge in [0.1, 0.15) is 22.8 Å². The van der Waals surface area contributed by atoms with Gasteiger partial charge >= 0.3 is 6.18 Å². The lowest BCUT2D eigenvalue weighted by molar-refractivity contribution is -0.137. The number of ether oxygens (including phenoxy) is 1. The van der Waals surface area contributed by atoms with Gasteiger partial charge in [0.25, 0.3) is 0 Å². The maximum atomic E-state index is 12.6. The summed E-state index contributed by atoms with van der Waals surface area (Å²) in [4.78, 5) is 20.0. The molecule has 0 unspecified atom stereocenters. The summed E-state index contributed by atoms with van der Waals surface area (Å²) in [6.07, 6.45) is -3.00. The first-order valence-corrected chi connectivity index (χ1v) is 8.81. The summed E-state index contributed by atoms with van der Waals surface area (Å²) in [5.74, 6) is 0.647. The van der Waals surface area contributed by atoms with Crippen LogP contribution in [0, 0.1) is 6.92 Å². The molecule has 29 heavy (non-hydrogen) atoms. The number of aryl methyl sites for hydroxylation is 1. The van der Waals surface area contributed by atoms with Gasteiger partial charge in [-0.2, -0.15) is 13.2 Å². The largest absolute Gasteiger partial charge is 0.457 e. The molecule has 3 rings (SSSR count). The van der Waals surface area contributed by atoms with Gasteiger partial charge in [0.05, 0.1) is 17.7 Å². The number of carbonyl (C=O) groups is 1. The molecule has 5 nitrogen and oxygen atoms in total. The second-order valence-electron chi connectivity index (χ2n) is 6.11. The summed E-state index contributed by atoms with van der Waals surface area (Å²) in [5.41, 5.74) is 0.524. The summed E-state index contributed by atoms with van der Waals surface area (Å²) >= 11 is 6.05. The third-order valence-electron chi connectivity index (χ3n) is 3.93. The van der Waals surface area contributed by atoms with Crippen molar-refractivity contribution in [3.05, 3.63) is 76.7 Å². The van der Waals surface area contributed by atoms with E-state index in [9.17, 15) is 18.0 Å². The average molecular weight is 422 g/mol. The van der Waals surface area contributed by atoms with Crippen molar-refractivity contribution < 1.29 is 22.7 Å². The summed E-state index contributed by atoms with van der Waals surface area (Å²) in [6.45, 7) is 1.70. The van der Waals surface area contributed by atoms with Crippen LogP contribution in [0.3, 0.4) is 0 Å². The molecule has 0 aliphatic heterocycles. The zero-order valence-electron chi connectivity index (χ0n) is 15.1. The molecule has 0 aliphatic rings. The van der Waals surface area contributed by atoms with Crippen molar-refractivity contribution in [1.29, 1.82) is 0 Å². The number of amides is 1. The smallest absolute Gasteiger partial charge is 0.416 e. The highest BCUT2D eigenvalue weighted by Gasteiger charge is 2.30. The molecule has 0 spiro atoms. The minimum absolute atomic E-state index is 0.0833. The second-order valence-corrected chi connectivity index (χ2v) is 6.49. The van der Waals surface area contributed by atoms with Gasteiger partial charge in [0.15, 0.2) is 5.82 Å². The van der Waals surface area contributed by atoms with Gasteiger partial charge in [-0.3, -0.25) is 4.79 Å². The standard InChI is InChI=1S/C20H15ClF3N3O2/c1-12-18(21)19(26-11-25-12)27-17(28)10-13-2-6-15(7-3-13)29-16-8-4-14(5-9-16)20(22,23)24/h2-9,11H,10H2,1H3,(H,25,26,27,28). The Morgan fingerprint density at radius 3 is 2.21 bits per heavy atom. The number of aromatic nitrogens is 2. The normalized spacial score (nSPS) is 11.2. The number of nitrogens with one attached hydrogen (secondary N) is 1. The first-order chi connectivity index (χ1) is 13.7. The molecule has 0 atom stereocenters. The van der Waals surface area contributed by atoms with Crippen LogP contribution < -0.4 is 10.1 Å². The summed E-state index contributed by atoms with van der Waals surface area (Å²) in [5, 5.41) is 2.91. The SMILES string of the molecule is Cc1ncnc(NC(=O)Cc2ccc(Oc3ccc(C(F)(F)F)cc3)cc2)c1Cl. The van der Waals surface area contributed by atoms with Crippen molar-refractivity contribution in [2.75, 3.05) is 5.32 Å². The lowest BCUT2D eigenvalue weighted by atomic mass is 10.1. The Labute approximate surface area is 169 Å². The Morgan fingerprint density at radius 1 is 1.03 bits per heavy atom. The molecule has 1 heterocycles. The minimum Gasteiger partial charge on any atom is -0.457 e. The molecule has 0 radical (unpaired) electrons. The molecule has 0 saturated heterocycles. The fourth-order valence-corrected chi connectivity index (χ4v) is 2.57. The Kier molecular flexibility index (Phi) is 6.03. The highest BCUT2D eigenvalue weighted by atomic mass is 35.5. The third-order valence-corrected chi connectivity index (χ3v) is 4.38. The molecule has 0 fully saturated rings. The monoisotopic (exact) mass is 421 g/mol. The van der Waals surface area contributed by atoms with Crippen LogP contribution in [-0.2, 0) is 17.4 Å². The van der Waals surface area contributed by atoms with Gasteiger partial charge in [-0.1, -0.05) is 23.7 Å². The van der Waals surface area contributed by atoms with E-state index < -0.39 is 11.7 Å². The van der Waals surface area contributed by atoms with Crippen LogP contribution in [0.25, 0.3) is 0 Å². The quantitative estimate of drug-likeness (QED) is 0.596. The van der Waals surface area contributed by atoms with E-state index in [2.05, 4.69) is 15.3 Å². The van der Waals surface area contributed by atoms with Crippen LogP contribution in [0.2, 0.25) is 5.02 Å². The molecule has 1 amide bonds. The highest BCUT2D eigenvalue weighted by Crippen LogP contribution is 2.31. The predicted octanol–water partition coefficient (Wildman–Crippen LogP) is 5.43. The lowest BCUT2D eigenvalue weighted by Gasteiger charge is -2.10. The van der Waals surface area contributed by atoms with Gasteiger partial charge in [0.2, 0.25) is 5.91 Å². The Hall–Kier alpha value is -3.13. The van der Waals surface area contributed by atoms with Crippen LogP contribution in [0.5, 0.6) is 11.5 Å². The molecular formula is C20H15ClF3N3O2. The Bertz CT molecular complexity index is 1010. The van der Waals surface area contributed by atoms with Crippen molar-refractivity contribution in [3.8, 4) is 11.5 Å². The minimum atomic E-state index is -4.39. The number of halogens is 4. The van der Waals surface area contributed by atoms with E-state index in [1.54, 1.807) is 31.2 Å². The zero-order valence-corrected chi connectivity index (χ0v) is 15.9. The van der Waals surface area contributed by atoms with Crippen molar-refractivity contribution in [2.45, 2.75) is 19.5 Å². The van der Waals surface area contributed by atoms with E-state index in [4.69, 9.17) is 16.3 Å². The molecule has 0 aliphatic carbocycles. The van der Waals surface area contributed by atoms with Gasteiger partial charge in [-0.05, 0) is 48.9 Å². The maximum absolute atomic E-state index is 12.6. The van der Waals surface area contributed by atoms with Crippen molar-refractivity contribution in [2.24, 2.45) is 0 Å². The van der Waals surface area contributed by atoms with Crippen molar-refractivity contribution in [3.63, 3.8) is 0 Å². The van der Waals surface area contributed by atoms with Gasteiger partial charge in [0, 0.05) is 0 Å². The number of benzene rings is 2. The van der Waals surface area contributed by atoms with Crippen LogP contribution in [0.15, 0.2) is 54.9 Å². The number of carbonyl (C=O) groups excluding carboxylic acids is 1. The highest BCUT2D eigenvalue weighted by molar-refractivity contribution is 6.33. The van der Waals surface area contributed by atoms with E-state index >= 15 is 0 Å². The zero-order chi connectivity index (χ0) is 21.0. The van der Waals surface area contributed by atoms with Gasteiger partial charge in [-0.25, -0.2) is 9.97 Å². The fraction of sp³-hybridized carbons (Fsp3) is 0.150. The topological polar surface area (TPSA) is 64.1 Å². The molecule has 150 valence electrons. The summed E-state index contributed by atoms with van der Waals surface area (Å²) < 4.78 is 43.3. The number of hydrogen-bond acceptors (Lipinski definition) is 4. The third kappa shape index (κ3) is 5.45. The fourth-order valence-electron chi connectivity index (χ4n) is 2.43. The first kappa shape index (κ1) is 20.6. The van der Waals surface area contributed by atoms with E-state index in [0.717, 1.165) is 12.1 Å². The van der Waals surface area contributed by atoms with Crippen molar-refractivity contribution in [1.82, 2.24) is 9.97 Å². The Balaban J connectivity index is 1.60. The van der Waals surface area contributed by atoms with Crippen LogP contribution in [0.4, 0.5) is 19.0 Å². The molecule has 2 aromatic carbocycles. The number of nitrogens with zero attached hydrogens (tertiary/aromatic N) is 2. The van der Waals surface area contributed by atoms with E-state index in [1.165, 1.54) is 18.5 Å². The van der Waals surface area contributed by atoms with Gasteiger partial charge in [-0.15, -0.1) is 0 Å². The van der Waals surface area contributed by atoms with Crippen molar-refractivity contribution >= 4 is 23.3 Å².